The summed E-state index contributed by atoms with van der Waals surface area (Å²) in [4.78, 5) is 0. The van der Waals surface area contributed by atoms with Crippen LogP contribution in [0.4, 0.5) is 0 Å². The predicted molar refractivity (Wildman–Crippen MR) is 51.7 cm³/mol. The molecule has 0 saturated heterocycles. The van der Waals surface area contributed by atoms with E-state index in [-0.39, 0.29) is 4.20 Å². The fraction of sp³-hybridized carbons (Fsp3) is 1.00. The van der Waals surface area contributed by atoms with Gasteiger partial charge in [0.25, 0.3) is 0 Å². The zero-order chi connectivity index (χ0) is 7.61. The predicted octanol–water partition coefficient (Wildman–Crippen LogP) is 1.91. The highest BCUT2D eigenvalue weighted by Crippen LogP contribution is 2.26. The highest BCUT2D eigenvalue weighted by atomic mass is 32.2. The van der Waals surface area contributed by atoms with Crippen molar-refractivity contribution in [2.45, 2.75) is 30.4 Å². The van der Waals surface area contributed by atoms with Gasteiger partial charge in [0.1, 0.15) is 4.20 Å². The topological polar surface area (TPSA) is 12.0 Å². The van der Waals surface area contributed by atoms with Crippen molar-refractivity contribution in [3.05, 3.63) is 0 Å². The fourth-order valence-electron chi connectivity index (χ4n) is 1.03. The molecule has 0 amide bonds. The maximum atomic E-state index is 4.25. The maximum Gasteiger partial charge on any atom is 0.103 e. The summed E-state index contributed by atoms with van der Waals surface area (Å²) < 4.78 is -0.296. The highest BCUT2D eigenvalue weighted by Gasteiger charge is 2.20. The fourth-order valence-corrected chi connectivity index (χ4v) is 1.22. The molecule has 1 fully saturated rings. The molecule has 0 aromatic heterocycles. The number of hydrogen-bond acceptors (Lipinski definition) is 3. The molecule has 10 heavy (non-hydrogen) atoms. The van der Waals surface area contributed by atoms with Crippen molar-refractivity contribution in [3.8, 4) is 0 Å². The summed E-state index contributed by atoms with van der Waals surface area (Å²) in [5, 5.41) is 3.25. The lowest BCUT2D eigenvalue weighted by Crippen LogP contribution is -2.37. The molecule has 1 aliphatic carbocycles. The quantitative estimate of drug-likeness (QED) is 0.442. The summed E-state index contributed by atoms with van der Waals surface area (Å²) in [5.41, 5.74) is 0. The summed E-state index contributed by atoms with van der Waals surface area (Å²) in [7, 11) is 0. The second kappa shape index (κ2) is 3.37. The van der Waals surface area contributed by atoms with Gasteiger partial charge in [-0.2, -0.15) is 0 Å². The lowest BCUT2D eigenvalue weighted by Gasteiger charge is -2.29. The van der Waals surface area contributed by atoms with Crippen molar-refractivity contribution in [2.75, 3.05) is 6.54 Å². The molecule has 1 saturated carbocycles. The van der Waals surface area contributed by atoms with Crippen LogP contribution in [0.5, 0.6) is 0 Å². The van der Waals surface area contributed by atoms with Gasteiger partial charge >= 0.3 is 0 Å². The van der Waals surface area contributed by atoms with E-state index in [1.807, 2.05) is 6.92 Å². The molecule has 0 atom stereocenters. The van der Waals surface area contributed by atoms with E-state index in [2.05, 4.69) is 30.6 Å². The average molecular weight is 177 g/mol. The Morgan fingerprint density at radius 2 is 2.10 bits per heavy atom. The Kier molecular flexibility index (Phi) is 2.95. The van der Waals surface area contributed by atoms with Gasteiger partial charge in [-0.15, -0.1) is 25.3 Å². The maximum absolute atomic E-state index is 4.25. The number of thiol groups is 2. The van der Waals surface area contributed by atoms with Gasteiger partial charge in [0.2, 0.25) is 0 Å². The summed E-state index contributed by atoms with van der Waals surface area (Å²) in [5.74, 6) is 0.888. The second-order valence-corrected chi connectivity index (χ2v) is 5.34. The van der Waals surface area contributed by atoms with Gasteiger partial charge in [-0.25, -0.2) is 0 Å². The minimum absolute atomic E-state index is 0.296. The minimum atomic E-state index is -0.296. The van der Waals surface area contributed by atoms with Crippen LogP contribution >= 0.6 is 25.3 Å². The van der Waals surface area contributed by atoms with Gasteiger partial charge in [-0.3, -0.25) is 5.32 Å². The highest BCUT2D eigenvalue weighted by molar-refractivity contribution is 8.00. The molecule has 0 aromatic rings. The van der Waals surface area contributed by atoms with Crippen LogP contribution in [-0.2, 0) is 0 Å². The molecular weight excluding hydrogens is 162 g/mol. The Morgan fingerprint density at radius 3 is 2.40 bits per heavy atom. The first kappa shape index (κ1) is 8.75. The Labute approximate surface area is 73.8 Å². The standard InChI is InChI=1S/C7H15NS2/c1-7(9,10)8-5-6-3-2-4-6/h6,8-10H,2-5H2,1H3. The Balaban J connectivity index is 2.04. The van der Waals surface area contributed by atoms with Crippen molar-refractivity contribution >= 4 is 25.3 Å². The van der Waals surface area contributed by atoms with Crippen molar-refractivity contribution in [2.24, 2.45) is 5.92 Å². The summed E-state index contributed by atoms with van der Waals surface area (Å²) >= 11 is 8.49. The monoisotopic (exact) mass is 177 g/mol. The molecule has 0 aliphatic heterocycles. The van der Waals surface area contributed by atoms with Crippen molar-refractivity contribution in [1.29, 1.82) is 0 Å². The first-order chi connectivity index (χ1) is 4.58. The molecule has 1 rings (SSSR count). The summed E-state index contributed by atoms with van der Waals surface area (Å²) in [6.07, 6.45) is 4.16. The summed E-state index contributed by atoms with van der Waals surface area (Å²) in [6.45, 7) is 3.03. The molecule has 1 aliphatic rings. The molecular formula is C7H15NS2. The number of nitrogens with one attached hydrogen (secondary N) is 1. The van der Waals surface area contributed by atoms with Crippen LogP contribution in [0.1, 0.15) is 26.2 Å². The van der Waals surface area contributed by atoms with E-state index < -0.39 is 0 Å². The third-order valence-electron chi connectivity index (χ3n) is 1.95. The third kappa shape index (κ3) is 3.17. The third-order valence-corrected chi connectivity index (χ3v) is 2.27. The van der Waals surface area contributed by atoms with Crippen molar-refractivity contribution in [1.82, 2.24) is 5.32 Å². The number of rotatable bonds is 3. The van der Waals surface area contributed by atoms with E-state index in [4.69, 9.17) is 0 Å². The smallest absolute Gasteiger partial charge is 0.103 e. The Morgan fingerprint density at radius 1 is 1.50 bits per heavy atom. The van der Waals surface area contributed by atoms with E-state index in [1.165, 1.54) is 19.3 Å². The average Bonchev–Trinajstić information content (AvgIpc) is 1.56. The molecule has 0 radical (unpaired) electrons. The van der Waals surface area contributed by atoms with E-state index in [0.717, 1.165) is 12.5 Å². The van der Waals surface area contributed by atoms with Crippen LogP contribution in [0, 0.1) is 5.92 Å². The van der Waals surface area contributed by atoms with Crippen LogP contribution in [0.25, 0.3) is 0 Å². The van der Waals surface area contributed by atoms with Gasteiger partial charge in [0.05, 0.1) is 0 Å². The zero-order valence-corrected chi connectivity index (χ0v) is 8.09. The Hall–Kier alpha value is 0.660. The largest absolute Gasteiger partial charge is 0.295 e. The van der Waals surface area contributed by atoms with Crippen molar-refractivity contribution < 1.29 is 0 Å². The first-order valence-corrected chi connectivity index (χ1v) is 4.67. The SMILES string of the molecule is CC(S)(S)NCC1CCC1. The van der Waals surface area contributed by atoms with E-state index in [9.17, 15) is 0 Å². The molecule has 1 nitrogen and oxygen atoms in total. The molecule has 0 aromatic carbocycles. The second-order valence-electron chi connectivity index (χ2n) is 3.20. The van der Waals surface area contributed by atoms with Gasteiger partial charge < -0.3 is 0 Å². The van der Waals surface area contributed by atoms with Crippen LogP contribution in [0.2, 0.25) is 0 Å². The minimum Gasteiger partial charge on any atom is -0.295 e. The van der Waals surface area contributed by atoms with Gasteiger partial charge in [0.15, 0.2) is 0 Å². The van der Waals surface area contributed by atoms with Gasteiger partial charge in [-0.1, -0.05) is 6.42 Å². The first-order valence-electron chi connectivity index (χ1n) is 3.78. The molecule has 0 spiro atoms. The molecule has 1 N–H and O–H groups in total. The normalized spacial score (nSPS) is 20.7. The lowest BCUT2D eigenvalue weighted by atomic mass is 9.85. The van der Waals surface area contributed by atoms with E-state index in [0.29, 0.717) is 0 Å². The van der Waals surface area contributed by atoms with Crippen LogP contribution in [0.15, 0.2) is 0 Å². The van der Waals surface area contributed by atoms with Crippen LogP contribution in [-0.4, -0.2) is 10.7 Å². The van der Waals surface area contributed by atoms with E-state index >= 15 is 0 Å². The molecule has 0 unspecified atom stereocenters. The van der Waals surface area contributed by atoms with Crippen molar-refractivity contribution in [3.63, 3.8) is 0 Å². The molecule has 0 heterocycles. The van der Waals surface area contributed by atoms with Crippen LogP contribution < -0.4 is 5.32 Å². The zero-order valence-electron chi connectivity index (χ0n) is 6.30. The van der Waals surface area contributed by atoms with Gasteiger partial charge in [0, 0.05) is 0 Å². The molecule has 60 valence electrons. The molecule has 0 bridgehead atoms. The van der Waals surface area contributed by atoms with Gasteiger partial charge in [-0.05, 0) is 32.2 Å². The lowest BCUT2D eigenvalue weighted by molar-refractivity contribution is 0.299. The van der Waals surface area contributed by atoms with E-state index in [1.54, 1.807) is 0 Å². The van der Waals surface area contributed by atoms with Crippen LogP contribution in [0.3, 0.4) is 0 Å². The summed E-state index contributed by atoms with van der Waals surface area (Å²) in [6, 6.07) is 0. The molecule has 3 heteroatoms. The number of hydrogen-bond donors (Lipinski definition) is 3. The Bertz CT molecular complexity index is 105.